The van der Waals surface area contributed by atoms with Crippen LogP contribution < -0.4 is 0 Å². The number of halogens is 1. The van der Waals surface area contributed by atoms with Crippen LogP contribution in [0.4, 0.5) is 4.39 Å². The van der Waals surface area contributed by atoms with E-state index in [2.05, 4.69) is 10.4 Å². The molecule has 0 amide bonds. The molecule has 0 aromatic carbocycles. The van der Waals surface area contributed by atoms with E-state index in [1.54, 1.807) is 0 Å². The molecule has 1 saturated heterocycles. The zero-order valence-corrected chi connectivity index (χ0v) is 7.18. The lowest BCUT2D eigenvalue weighted by molar-refractivity contribution is 0.338. The highest BCUT2D eigenvalue weighted by molar-refractivity contribution is 7.59. The van der Waals surface area contributed by atoms with E-state index in [0.29, 0.717) is 0 Å². The lowest BCUT2D eigenvalue weighted by atomic mass is 10.1. The SMILES string of the molecule is C#CC1CC(F)P(=O)(OC)C1. The maximum atomic E-state index is 12.9. The molecule has 0 spiro atoms. The predicted molar refractivity (Wildman–Crippen MR) is 41.3 cm³/mol. The van der Waals surface area contributed by atoms with E-state index in [9.17, 15) is 8.96 Å². The molecule has 1 heterocycles. The van der Waals surface area contributed by atoms with Crippen LogP contribution >= 0.6 is 7.37 Å². The molecule has 1 aliphatic heterocycles. The van der Waals surface area contributed by atoms with E-state index in [4.69, 9.17) is 6.42 Å². The summed E-state index contributed by atoms with van der Waals surface area (Å²) in [5.74, 6) is 0.826. The minimum atomic E-state index is -3.02. The maximum Gasteiger partial charge on any atom is 0.237 e. The van der Waals surface area contributed by atoms with Crippen molar-refractivity contribution in [1.82, 2.24) is 0 Å². The largest absolute Gasteiger partial charge is 0.330 e. The monoisotopic (exact) mass is 176 g/mol. The Morgan fingerprint density at radius 1 is 1.82 bits per heavy atom. The van der Waals surface area contributed by atoms with Gasteiger partial charge in [-0.1, -0.05) is 0 Å². The average Bonchev–Trinajstić information content (AvgIpc) is 2.29. The standard InChI is InChI=1S/C7H10FO2P/c1-3-6-4-7(8)11(9,5-6)10-2/h1,6-7H,4-5H2,2H3. The molecule has 0 aromatic heterocycles. The lowest BCUT2D eigenvalue weighted by Gasteiger charge is -2.09. The van der Waals surface area contributed by atoms with Crippen molar-refractivity contribution in [3.05, 3.63) is 0 Å². The Hall–Kier alpha value is -0.320. The van der Waals surface area contributed by atoms with E-state index in [-0.39, 0.29) is 18.5 Å². The first-order chi connectivity index (χ1) is 5.12. The molecule has 0 radical (unpaired) electrons. The Balaban J connectivity index is 2.75. The third kappa shape index (κ3) is 1.47. The Bertz CT molecular complexity index is 233. The van der Waals surface area contributed by atoms with Gasteiger partial charge in [0.05, 0.1) is 0 Å². The highest BCUT2D eigenvalue weighted by Crippen LogP contribution is 2.60. The summed E-state index contributed by atoms with van der Waals surface area (Å²) in [6, 6.07) is 0. The van der Waals surface area contributed by atoms with Crippen molar-refractivity contribution in [1.29, 1.82) is 0 Å². The van der Waals surface area contributed by atoms with Gasteiger partial charge in [-0.3, -0.25) is 4.57 Å². The van der Waals surface area contributed by atoms with Gasteiger partial charge >= 0.3 is 0 Å². The van der Waals surface area contributed by atoms with Crippen LogP contribution in [0, 0.1) is 18.3 Å². The summed E-state index contributed by atoms with van der Waals surface area (Å²) in [6.07, 6.45) is 5.46. The summed E-state index contributed by atoms with van der Waals surface area (Å²) < 4.78 is 28.9. The van der Waals surface area contributed by atoms with E-state index in [1.165, 1.54) is 7.11 Å². The lowest BCUT2D eigenvalue weighted by Crippen LogP contribution is -1.94. The van der Waals surface area contributed by atoms with Crippen LogP contribution in [0.2, 0.25) is 0 Å². The number of hydrogen-bond donors (Lipinski definition) is 0. The average molecular weight is 176 g/mol. The molecular weight excluding hydrogens is 166 g/mol. The Labute approximate surface area is 65.6 Å². The Kier molecular flexibility index (Phi) is 2.37. The van der Waals surface area contributed by atoms with E-state index < -0.39 is 13.3 Å². The summed E-state index contributed by atoms with van der Waals surface area (Å²) in [5.41, 5.74) is 0. The minimum Gasteiger partial charge on any atom is -0.330 e. The van der Waals surface area contributed by atoms with Gasteiger partial charge in [0.25, 0.3) is 0 Å². The maximum absolute atomic E-state index is 12.9. The highest BCUT2D eigenvalue weighted by Gasteiger charge is 2.43. The molecule has 0 aromatic rings. The van der Waals surface area contributed by atoms with Gasteiger partial charge in [0.1, 0.15) is 0 Å². The van der Waals surface area contributed by atoms with Crippen LogP contribution in [0.5, 0.6) is 0 Å². The van der Waals surface area contributed by atoms with Crippen LogP contribution in [-0.2, 0) is 9.09 Å². The first-order valence-electron chi connectivity index (χ1n) is 3.37. The van der Waals surface area contributed by atoms with Gasteiger partial charge in [0, 0.05) is 25.6 Å². The van der Waals surface area contributed by atoms with Crippen LogP contribution in [-0.4, -0.2) is 19.2 Å². The fourth-order valence-electron chi connectivity index (χ4n) is 1.20. The second-order valence-electron chi connectivity index (χ2n) is 2.63. The summed E-state index contributed by atoms with van der Waals surface area (Å²) in [4.78, 5) is 0. The molecule has 62 valence electrons. The van der Waals surface area contributed by atoms with Crippen LogP contribution in [0.25, 0.3) is 0 Å². The molecular formula is C7H10FO2P. The van der Waals surface area contributed by atoms with Gasteiger partial charge in [0.2, 0.25) is 7.37 Å². The molecule has 0 saturated carbocycles. The zero-order chi connectivity index (χ0) is 8.48. The molecule has 3 unspecified atom stereocenters. The van der Waals surface area contributed by atoms with E-state index in [1.807, 2.05) is 0 Å². The normalized spacial score (nSPS) is 43.7. The number of rotatable bonds is 1. The van der Waals surface area contributed by atoms with Crippen molar-refractivity contribution < 1.29 is 13.5 Å². The summed E-state index contributed by atoms with van der Waals surface area (Å²) >= 11 is 0. The van der Waals surface area contributed by atoms with Crippen molar-refractivity contribution >= 4 is 7.37 Å². The summed E-state index contributed by atoms with van der Waals surface area (Å²) in [5, 5.41) is 0. The molecule has 4 heteroatoms. The Morgan fingerprint density at radius 2 is 2.45 bits per heavy atom. The first-order valence-corrected chi connectivity index (χ1v) is 5.25. The van der Waals surface area contributed by atoms with E-state index >= 15 is 0 Å². The Morgan fingerprint density at radius 3 is 2.73 bits per heavy atom. The van der Waals surface area contributed by atoms with Gasteiger partial charge < -0.3 is 4.52 Å². The molecule has 0 aliphatic carbocycles. The fourth-order valence-corrected chi connectivity index (χ4v) is 3.25. The number of alkyl halides is 1. The van der Waals surface area contributed by atoms with Gasteiger partial charge in [-0.25, -0.2) is 4.39 Å². The molecule has 1 fully saturated rings. The summed E-state index contributed by atoms with van der Waals surface area (Å²) in [7, 11) is -1.75. The molecule has 1 rings (SSSR count). The van der Waals surface area contributed by atoms with Gasteiger partial charge in [-0.15, -0.1) is 12.3 Å². The second kappa shape index (κ2) is 2.97. The van der Waals surface area contributed by atoms with Gasteiger partial charge in [0.15, 0.2) is 5.91 Å². The number of hydrogen-bond acceptors (Lipinski definition) is 2. The molecule has 1 aliphatic rings. The summed E-state index contributed by atoms with van der Waals surface area (Å²) in [6.45, 7) is 0. The quantitative estimate of drug-likeness (QED) is 0.450. The molecule has 0 bridgehead atoms. The minimum absolute atomic E-state index is 0.182. The van der Waals surface area contributed by atoms with Gasteiger partial charge in [-0.05, 0) is 0 Å². The van der Waals surface area contributed by atoms with Crippen molar-refractivity contribution in [3.8, 4) is 12.3 Å². The van der Waals surface area contributed by atoms with Crippen LogP contribution in [0.3, 0.4) is 0 Å². The molecule has 3 atom stereocenters. The van der Waals surface area contributed by atoms with Crippen molar-refractivity contribution in [3.63, 3.8) is 0 Å². The molecule has 0 N–H and O–H groups in total. The van der Waals surface area contributed by atoms with Crippen LogP contribution in [0.15, 0.2) is 0 Å². The van der Waals surface area contributed by atoms with Gasteiger partial charge in [-0.2, -0.15) is 0 Å². The van der Waals surface area contributed by atoms with E-state index in [0.717, 1.165) is 0 Å². The topological polar surface area (TPSA) is 26.3 Å². The third-order valence-electron chi connectivity index (χ3n) is 1.93. The van der Waals surface area contributed by atoms with Crippen molar-refractivity contribution in [2.45, 2.75) is 12.3 Å². The molecule has 2 nitrogen and oxygen atoms in total. The first kappa shape index (κ1) is 8.77. The zero-order valence-electron chi connectivity index (χ0n) is 6.29. The predicted octanol–water partition coefficient (Wildman–Crippen LogP) is 1.86. The third-order valence-corrected chi connectivity index (χ3v) is 4.56. The smallest absolute Gasteiger partial charge is 0.237 e. The van der Waals surface area contributed by atoms with Crippen molar-refractivity contribution in [2.24, 2.45) is 5.92 Å². The molecule has 11 heavy (non-hydrogen) atoms. The highest BCUT2D eigenvalue weighted by atomic mass is 31.2. The second-order valence-corrected chi connectivity index (χ2v) is 5.37. The van der Waals surface area contributed by atoms with Crippen LogP contribution in [0.1, 0.15) is 6.42 Å². The van der Waals surface area contributed by atoms with Crippen molar-refractivity contribution in [2.75, 3.05) is 13.3 Å². The number of terminal acetylenes is 1. The fraction of sp³-hybridized carbons (Fsp3) is 0.714.